The van der Waals surface area contributed by atoms with Crippen molar-refractivity contribution in [2.45, 2.75) is 25.8 Å². The van der Waals surface area contributed by atoms with E-state index in [4.69, 9.17) is 0 Å². The molecule has 18 heavy (non-hydrogen) atoms. The van der Waals surface area contributed by atoms with Gasteiger partial charge in [-0.25, -0.2) is 0 Å². The molecular weight excluding hydrogens is 240 g/mol. The van der Waals surface area contributed by atoms with Crippen LogP contribution in [-0.4, -0.2) is 23.5 Å². The summed E-state index contributed by atoms with van der Waals surface area (Å²) in [5, 5.41) is 4.88. The SMILES string of the molecule is CSCCCCCNCc1cccc2[nH]ccc12. The predicted molar refractivity (Wildman–Crippen MR) is 82.2 cm³/mol. The number of unbranched alkanes of at least 4 members (excludes halogenated alkanes) is 2. The lowest BCUT2D eigenvalue weighted by Gasteiger charge is -2.06. The molecule has 1 heterocycles. The highest BCUT2D eigenvalue weighted by Crippen LogP contribution is 2.16. The van der Waals surface area contributed by atoms with Gasteiger partial charge in [0, 0.05) is 23.6 Å². The van der Waals surface area contributed by atoms with Gasteiger partial charge < -0.3 is 10.3 Å². The van der Waals surface area contributed by atoms with Crippen LogP contribution in [0.5, 0.6) is 0 Å². The molecule has 0 saturated heterocycles. The van der Waals surface area contributed by atoms with Crippen molar-refractivity contribution < 1.29 is 0 Å². The molecule has 2 nitrogen and oxygen atoms in total. The van der Waals surface area contributed by atoms with Crippen molar-refractivity contribution in [1.82, 2.24) is 10.3 Å². The van der Waals surface area contributed by atoms with Crippen molar-refractivity contribution >= 4 is 22.7 Å². The number of H-pyrrole nitrogens is 1. The lowest BCUT2D eigenvalue weighted by atomic mass is 10.1. The van der Waals surface area contributed by atoms with Crippen molar-refractivity contribution in [1.29, 1.82) is 0 Å². The molecule has 3 heteroatoms. The Balaban J connectivity index is 1.72. The van der Waals surface area contributed by atoms with Gasteiger partial charge in [-0.1, -0.05) is 18.6 Å². The molecule has 0 bridgehead atoms. The minimum Gasteiger partial charge on any atom is -0.361 e. The second kappa shape index (κ2) is 7.49. The predicted octanol–water partition coefficient (Wildman–Crippen LogP) is 3.79. The summed E-state index contributed by atoms with van der Waals surface area (Å²) in [4.78, 5) is 3.25. The molecule has 0 unspecified atom stereocenters. The molecule has 0 aliphatic heterocycles. The first-order valence-electron chi connectivity index (χ1n) is 6.66. The Hall–Kier alpha value is -0.930. The molecule has 1 aromatic heterocycles. The van der Waals surface area contributed by atoms with Gasteiger partial charge in [0.2, 0.25) is 0 Å². The molecule has 1 aromatic carbocycles. The number of aromatic nitrogens is 1. The van der Waals surface area contributed by atoms with Gasteiger partial charge >= 0.3 is 0 Å². The van der Waals surface area contributed by atoms with Crippen LogP contribution < -0.4 is 5.32 Å². The number of thioether (sulfide) groups is 1. The summed E-state index contributed by atoms with van der Waals surface area (Å²) in [5.41, 5.74) is 2.62. The molecular formula is C15H22N2S. The van der Waals surface area contributed by atoms with E-state index in [-0.39, 0.29) is 0 Å². The third-order valence-corrected chi connectivity index (χ3v) is 3.90. The van der Waals surface area contributed by atoms with Crippen LogP contribution in [0.15, 0.2) is 30.5 Å². The van der Waals surface area contributed by atoms with Crippen molar-refractivity contribution in [2.75, 3.05) is 18.6 Å². The smallest absolute Gasteiger partial charge is 0.0457 e. The zero-order valence-corrected chi connectivity index (χ0v) is 11.9. The van der Waals surface area contributed by atoms with E-state index in [0.29, 0.717) is 0 Å². The molecule has 0 aliphatic rings. The standard InChI is InChI=1S/C15H22N2S/c1-18-11-4-2-3-9-16-12-13-6-5-7-15-14(13)8-10-17-15/h5-8,10,16-17H,2-4,9,11-12H2,1H3. The molecule has 0 saturated carbocycles. The summed E-state index contributed by atoms with van der Waals surface area (Å²) in [6, 6.07) is 8.61. The second-order valence-electron chi connectivity index (χ2n) is 4.59. The van der Waals surface area contributed by atoms with Crippen LogP contribution in [0.3, 0.4) is 0 Å². The lowest BCUT2D eigenvalue weighted by Crippen LogP contribution is -2.14. The molecule has 0 atom stereocenters. The zero-order valence-electron chi connectivity index (χ0n) is 11.0. The van der Waals surface area contributed by atoms with Gasteiger partial charge in [-0.3, -0.25) is 0 Å². The van der Waals surface area contributed by atoms with Gasteiger partial charge in [0.25, 0.3) is 0 Å². The minimum atomic E-state index is 0.970. The minimum absolute atomic E-state index is 0.970. The van der Waals surface area contributed by atoms with E-state index in [0.717, 1.165) is 13.1 Å². The van der Waals surface area contributed by atoms with E-state index >= 15 is 0 Å². The zero-order chi connectivity index (χ0) is 12.6. The molecule has 0 aliphatic carbocycles. The number of hydrogen-bond donors (Lipinski definition) is 2. The van der Waals surface area contributed by atoms with Crippen LogP contribution in [0.2, 0.25) is 0 Å². The second-order valence-corrected chi connectivity index (χ2v) is 5.57. The van der Waals surface area contributed by atoms with E-state index in [1.54, 1.807) is 0 Å². The average Bonchev–Trinajstić information content (AvgIpc) is 2.86. The van der Waals surface area contributed by atoms with Crippen molar-refractivity contribution in [3.63, 3.8) is 0 Å². The molecule has 2 aromatic rings. The number of hydrogen-bond acceptors (Lipinski definition) is 2. The van der Waals surface area contributed by atoms with Gasteiger partial charge in [0.15, 0.2) is 0 Å². The maximum absolute atomic E-state index is 3.54. The number of nitrogens with one attached hydrogen (secondary N) is 2. The highest BCUT2D eigenvalue weighted by Gasteiger charge is 2.00. The van der Waals surface area contributed by atoms with Gasteiger partial charge in [0.1, 0.15) is 0 Å². The fourth-order valence-electron chi connectivity index (χ4n) is 2.20. The van der Waals surface area contributed by atoms with Crippen LogP contribution in [0.25, 0.3) is 10.9 Å². The molecule has 2 N–H and O–H groups in total. The Morgan fingerprint density at radius 3 is 3.00 bits per heavy atom. The summed E-state index contributed by atoms with van der Waals surface area (Å²) in [6.07, 6.45) is 8.15. The van der Waals surface area contributed by atoms with Gasteiger partial charge in [-0.15, -0.1) is 0 Å². The van der Waals surface area contributed by atoms with E-state index in [1.165, 1.54) is 41.5 Å². The first kappa shape index (κ1) is 13.5. The average molecular weight is 262 g/mol. The van der Waals surface area contributed by atoms with Crippen molar-refractivity contribution in [3.8, 4) is 0 Å². The summed E-state index contributed by atoms with van der Waals surface area (Å²) < 4.78 is 0. The Morgan fingerprint density at radius 2 is 2.11 bits per heavy atom. The topological polar surface area (TPSA) is 27.8 Å². The van der Waals surface area contributed by atoms with E-state index in [9.17, 15) is 0 Å². The summed E-state index contributed by atoms with van der Waals surface area (Å²) >= 11 is 1.94. The first-order chi connectivity index (χ1) is 8.92. The van der Waals surface area contributed by atoms with Crippen LogP contribution >= 0.6 is 11.8 Å². The fourth-order valence-corrected chi connectivity index (χ4v) is 2.69. The van der Waals surface area contributed by atoms with Crippen LogP contribution in [0.4, 0.5) is 0 Å². The van der Waals surface area contributed by atoms with E-state index in [1.807, 2.05) is 18.0 Å². The highest BCUT2D eigenvalue weighted by atomic mass is 32.2. The largest absolute Gasteiger partial charge is 0.361 e. The molecule has 0 amide bonds. The number of aromatic amines is 1. The third-order valence-electron chi connectivity index (χ3n) is 3.20. The van der Waals surface area contributed by atoms with E-state index < -0.39 is 0 Å². The number of fused-ring (bicyclic) bond motifs is 1. The molecule has 0 spiro atoms. The summed E-state index contributed by atoms with van der Waals surface area (Å²) in [5.74, 6) is 1.29. The monoisotopic (exact) mass is 262 g/mol. The van der Waals surface area contributed by atoms with Crippen LogP contribution in [-0.2, 0) is 6.54 Å². The maximum atomic E-state index is 3.54. The van der Waals surface area contributed by atoms with Crippen molar-refractivity contribution in [3.05, 3.63) is 36.0 Å². The van der Waals surface area contributed by atoms with Gasteiger partial charge in [-0.2, -0.15) is 11.8 Å². The van der Waals surface area contributed by atoms with Crippen LogP contribution in [0.1, 0.15) is 24.8 Å². The number of rotatable bonds is 8. The Labute approximate surface area is 114 Å². The molecule has 98 valence electrons. The maximum Gasteiger partial charge on any atom is 0.0457 e. The Morgan fingerprint density at radius 1 is 1.17 bits per heavy atom. The quantitative estimate of drug-likeness (QED) is 0.708. The van der Waals surface area contributed by atoms with Gasteiger partial charge in [-0.05, 0) is 49.1 Å². The van der Waals surface area contributed by atoms with E-state index in [2.05, 4.69) is 40.8 Å². The summed E-state index contributed by atoms with van der Waals surface area (Å²) in [6.45, 7) is 2.09. The highest BCUT2D eigenvalue weighted by molar-refractivity contribution is 7.98. The van der Waals surface area contributed by atoms with Crippen molar-refractivity contribution in [2.24, 2.45) is 0 Å². The Bertz CT molecular complexity index is 464. The third kappa shape index (κ3) is 3.79. The molecule has 0 radical (unpaired) electrons. The van der Waals surface area contributed by atoms with Gasteiger partial charge in [0.05, 0.1) is 0 Å². The molecule has 2 rings (SSSR count). The first-order valence-corrected chi connectivity index (χ1v) is 8.06. The lowest BCUT2D eigenvalue weighted by molar-refractivity contribution is 0.620. The molecule has 0 fully saturated rings. The Kier molecular flexibility index (Phi) is 5.62. The number of benzene rings is 1. The summed E-state index contributed by atoms with van der Waals surface area (Å²) in [7, 11) is 0. The van der Waals surface area contributed by atoms with Crippen LogP contribution in [0, 0.1) is 0 Å². The fraction of sp³-hybridized carbons (Fsp3) is 0.467. The normalized spacial score (nSPS) is 11.2.